The molecule has 5 heteroatoms. The van der Waals surface area contributed by atoms with Crippen molar-refractivity contribution >= 4 is 21.6 Å². The van der Waals surface area contributed by atoms with E-state index in [1.54, 1.807) is 24.5 Å². The Hall–Kier alpha value is -1.75. The zero-order chi connectivity index (χ0) is 13.0. The maximum Gasteiger partial charge on any atom is 0.269 e. The molecular weight excluding hydrogens is 296 g/mol. The third kappa shape index (κ3) is 3.13. The molecular formula is C13H11BrN2O2. The summed E-state index contributed by atoms with van der Waals surface area (Å²) in [5.41, 5.74) is 2.32. The van der Waals surface area contributed by atoms with Crippen LogP contribution in [0.4, 0.5) is 5.69 Å². The van der Waals surface area contributed by atoms with Gasteiger partial charge in [-0.25, -0.2) is 0 Å². The molecule has 2 rings (SSSR count). The Balaban J connectivity index is 2.08. The van der Waals surface area contributed by atoms with Gasteiger partial charge in [-0.15, -0.1) is 0 Å². The number of nitrogens with zero attached hydrogens (tertiary/aromatic N) is 2. The molecule has 0 saturated heterocycles. The lowest BCUT2D eigenvalue weighted by molar-refractivity contribution is -0.384. The van der Waals surface area contributed by atoms with Crippen molar-refractivity contribution in [3.05, 3.63) is 70.0 Å². The van der Waals surface area contributed by atoms with Crippen molar-refractivity contribution in [2.45, 2.75) is 11.2 Å². The minimum atomic E-state index is -0.391. The average molecular weight is 307 g/mol. The van der Waals surface area contributed by atoms with E-state index < -0.39 is 4.92 Å². The number of non-ortho nitro benzene ring substituents is 1. The first-order valence-corrected chi connectivity index (χ1v) is 6.35. The Labute approximate surface area is 113 Å². The number of aromatic nitrogens is 1. The SMILES string of the molecule is O=[N+]([O-])c1ccc(CC(Br)c2ccncc2)cc1. The second-order valence-electron chi connectivity index (χ2n) is 3.88. The van der Waals surface area contributed by atoms with Gasteiger partial charge in [0.05, 0.1) is 4.92 Å². The van der Waals surface area contributed by atoms with Gasteiger partial charge in [-0.2, -0.15) is 0 Å². The molecule has 0 aliphatic rings. The van der Waals surface area contributed by atoms with Crippen molar-refractivity contribution in [2.75, 3.05) is 0 Å². The van der Waals surface area contributed by atoms with Gasteiger partial charge in [0.2, 0.25) is 0 Å². The van der Waals surface area contributed by atoms with Gasteiger partial charge in [-0.3, -0.25) is 15.1 Å². The minimum absolute atomic E-state index is 0.119. The summed E-state index contributed by atoms with van der Waals surface area (Å²) in [7, 11) is 0. The molecule has 2 aromatic rings. The van der Waals surface area contributed by atoms with Crippen LogP contribution in [-0.2, 0) is 6.42 Å². The lowest BCUT2D eigenvalue weighted by atomic mass is 10.1. The highest BCUT2D eigenvalue weighted by Crippen LogP contribution is 2.27. The number of alkyl halides is 1. The summed E-state index contributed by atoms with van der Waals surface area (Å²) < 4.78 is 0. The van der Waals surface area contributed by atoms with E-state index in [1.165, 1.54) is 12.1 Å². The quantitative estimate of drug-likeness (QED) is 0.492. The second kappa shape index (κ2) is 5.73. The van der Waals surface area contributed by atoms with Crippen molar-refractivity contribution in [2.24, 2.45) is 0 Å². The van der Waals surface area contributed by atoms with Gasteiger partial charge in [0, 0.05) is 29.4 Å². The van der Waals surface area contributed by atoms with Crippen LogP contribution in [-0.4, -0.2) is 9.91 Å². The summed E-state index contributed by atoms with van der Waals surface area (Å²) in [6.45, 7) is 0. The molecule has 0 saturated carbocycles. The molecule has 0 fully saturated rings. The highest BCUT2D eigenvalue weighted by atomic mass is 79.9. The van der Waals surface area contributed by atoms with Gasteiger partial charge in [-0.05, 0) is 29.7 Å². The largest absolute Gasteiger partial charge is 0.269 e. The zero-order valence-electron chi connectivity index (χ0n) is 9.49. The lowest BCUT2D eigenvalue weighted by Gasteiger charge is -2.09. The molecule has 0 aliphatic carbocycles. The van der Waals surface area contributed by atoms with Crippen LogP contribution < -0.4 is 0 Å². The van der Waals surface area contributed by atoms with E-state index in [9.17, 15) is 10.1 Å². The Morgan fingerprint density at radius 3 is 2.33 bits per heavy atom. The first kappa shape index (κ1) is 12.7. The molecule has 18 heavy (non-hydrogen) atoms. The molecule has 4 nitrogen and oxygen atoms in total. The van der Waals surface area contributed by atoms with E-state index in [-0.39, 0.29) is 10.5 Å². The van der Waals surface area contributed by atoms with Crippen molar-refractivity contribution in [1.82, 2.24) is 4.98 Å². The predicted octanol–water partition coefficient (Wildman–Crippen LogP) is 3.67. The monoisotopic (exact) mass is 306 g/mol. The summed E-state index contributed by atoms with van der Waals surface area (Å²) in [6.07, 6.45) is 4.28. The number of rotatable bonds is 4. The van der Waals surface area contributed by atoms with E-state index in [0.29, 0.717) is 0 Å². The number of nitro benzene ring substituents is 1. The molecule has 1 aromatic carbocycles. The Morgan fingerprint density at radius 2 is 1.78 bits per heavy atom. The van der Waals surface area contributed by atoms with Crippen molar-refractivity contribution in [3.8, 4) is 0 Å². The van der Waals surface area contributed by atoms with Crippen LogP contribution in [0.2, 0.25) is 0 Å². The maximum absolute atomic E-state index is 10.5. The standard InChI is InChI=1S/C13H11BrN2O2/c14-13(11-5-7-15-8-6-11)9-10-1-3-12(4-2-10)16(17)18/h1-8,13H,9H2. The van der Waals surface area contributed by atoms with Crippen LogP contribution in [0.1, 0.15) is 16.0 Å². The van der Waals surface area contributed by atoms with Gasteiger partial charge >= 0.3 is 0 Å². The first-order valence-electron chi connectivity index (χ1n) is 5.44. The van der Waals surface area contributed by atoms with Crippen LogP contribution >= 0.6 is 15.9 Å². The Bertz CT molecular complexity index is 528. The molecule has 1 unspecified atom stereocenters. The molecule has 0 radical (unpaired) electrons. The van der Waals surface area contributed by atoms with Crippen LogP contribution in [0, 0.1) is 10.1 Å². The van der Waals surface area contributed by atoms with Gasteiger partial charge in [-0.1, -0.05) is 28.1 Å². The van der Waals surface area contributed by atoms with Gasteiger partial charge in [0.1, 0.15) is 0 Å². The molecule has 1 atom stereocenters. The minimum Gasteiger partial charge on any atom is -0.265 e. The Morgan fingerprint density at radius 1 is 1.17 bits per heavy atom. The highest BCUT2D eigenvalue weighted by molar-refractivity contribution is 9.09. The molecule has 0 spiro atoms. The third-order valence-electron chi connectivity index (χ3n) is 2.63. The fraction of sp³-hybridized carbons (Fsp3) is 0.154. The van der Waals surface area contributed by atoms with Crippen LogP contribution in [0.5, 0.6) is 0 Å². The third-order valence-corrected chi connectivity index (χ3v) is 3.48. The summed E-state index contributed by atoms with van der Waals surface area (Å²) in [5.74, 6) is 0. The molecule has 0 bridgehead atoms. The smallest absolute Gasteiger partial charge is 0.265 e. The Kier molecular flexibility index (Phi) is 4.04. The molecule has 1 aromatic heterocycles. The van der Waals surface area contributed by atoms with Crippen molar-refractivity contribution < 1.29 is 4.92 Å². The van der Waals surface area contributed by atoms with Crippen LogP contribution in [0.15, 0.2) is 48.8 Å². The van der Waals surface area contributed by atoms with Gasteiger partial charge in [0.25, 0.3) is 5.69 Å². The normalized spacial score (nSPS) is 12.1. The molecule has 0 amide bonds. The van der Waals surface area contributed by atoms with Crippen LogP contribution in [0.3, 0.4) is 0 Å². The van der Waals surface area contributed by atoms with E-state index in [0.717, 1.165) is 17.5 Å². The van der Waals surface area contributed by atoms with Crippen molar-refractivity contribution in [1.29, 1.82) is 0 Å². The van der Waals surface area contributed by atoms with Crippen LogP contribution in [0.25, 0.3) is 0 Å². The molecule has 1 heterocycles. The van der Waals surface area contributed by atoms with Gasteiger partial charge < -0.3 is 0 Å². The zero-order valence-corrected chi connectivity index (χ0v) is 11.1. The summed E-state index contributed by atoms with van der Waals surface area (Å²) in [6, 6.07) is 10.5. The number of halogens is 1. The summed E-state index contributed by atoms with van der Waals surface area (Å²) in [5, 5.41) is 10.5. The fourth-order valence-corrected chi connectivity index (χ4v) is 2.33. The van der Waals surface area contributed by atoms with E-state index in [1.807, 2.05) is 12.1 Å². The predicted molar refractivity (Wildman–Crippen MR) is 72.7 cm³/mol. The second-order valence-corrected chi connectivity index (χ2v) is 4.98. The van der Waals surface area contributed by atoms with Crippen molar-refractivity contribution in [3.63, 3.8) is 0 Å². The van der Waals surface area contributed by atoms with Gasteiger partial charge in [0.15, 0.2) is 0 Å². The highest BCUT2D eigenvalue weighted by Gasteiger charge is 2.09. The lowest BCUT2D eigenvalue weighted by Crippen LogP contribution is -1.96. The number of pyridine rings is 1. The van der Waals surface area contributed by atoms with E-state index >= 15 is 0 Å². The first-order chi connectivity index (χ1) is 8.66. The number of hydrogen-bond acceptors (Lipinski definition) is 3. The number of benzene rings is 1. The number of nitro groups is 1. The summed E-state index contributed by atoms with van der Waals surface area (Å²) >= 11 is 3.61. The molecule has 0 N–H and O–H groups in total. The maximum atomic E-state index is 10.5. The number of hydrogen-bond donors (Lipinski definition) is 0. The summed E-state index contributed by atoms with van der Waals surface area (Å²) in [4.78, 5) is 14.3. The topological polar surface area (TPSA) is 56.0 Å². The fourth-order valence-electron chi connectivity index (χ4n) is 1.65. The average Bonchev–Trinajstić information content (AvgIpc) is 2.40. The van der Waals surface area contributed by atoms with E-state index in [4.69, 9.17) is 0 Å². The molecule has 0 aliphatic heterocycles. The van der Waals surface area contributed by atoms with E-state index in [2.05, 4.69) is 20.9 Å². The molecule has 92 valence electrons.